The highest BCUT2D eigenvalue weighted by molar-refractivity contribution is 7.54. The minimum Gasteiger partial charge on any atom is -0.414 e. The summed E-state index contributed by atoms with van der Waals surface area (Å²) in [6, 6.07) is 0. The van der Waals surface area contributed by atoms with E-state index in [0.717, 1.165) is 0 Å². The van der Waals surface area contributed by atoms with Crippen LogP contribution in [0.1, 0.15) is 13.8 Å². The van der Waals surface area contributed by atoms with E-state index in [0.29, 0.717) is 0 Å². The molecule has 0 rings (SSSR count). The molecule has 0 aromatic heterocycles. The van der Waals surface area contributed by atoms with Gasteiger partial charge >= 0.3 is 7.60 Å². The first kappa shape index (κ1) is 12.3. The molecule has 0 atom stereocenters. The van der Waals surface area contributed by atoms with E-state index < -0.39 is 15.9 Å². The lowest BCUT2D eigenvalue weighted by molar-refractivity contribution is 0.232. The second kappa shape index (κ2) is 4.02. The average molecular weight is 212 g/mol. The minimum atomic E-state index is -3.91. The summed E-state index contributed by atoms with van der Waals surface area (Å²) in [6.07, 6.45) is 0.0400. The largest absolute Gasteiger partial charge is 0.414 e. The van der Waals surface area contributed by atoms with Crippen LogP contribution in [0.25, 0.3) is 0 Å². The van der Waals surface area contributed by atoms with Crippen molar-refractivity contribution >= 4 is 15.9 Å². The molecule has 74 valence electrons. The fourth-order valence-corrected chi connectivity index (χ4v) is 6.71. The van der Waals surface area contributed by atoms with E-state index in [2.05, 4.69) is 0 Å². The third-order valence-electron chi connectivity index (χ3n) is 1.14. The van der Waals surface area contributed by atoms with Gasteiger partial charge in [-0.15, -0.1) is 0 Å². The van der Waals surface area contributed by atoms with Gasteiger partial charge < -0.3 is 14.2 Å². The zero-order chi connectivity index (χ0) is 9.99. The van der Waals surface area contributed by atoms with Crippen molar-refractivity contribution in [1.82, 2.24) is 0 Å². The Balaban J connectivity index is 4.14. The maximum atomic E-state index is 10.7. The van der Waals surface area contributed by atoms with Crippen molar-refractivity contribution in [3.8, 4) is 0 Å². The van der Waals surface area contributed by atoms with E-state index in [9.17, 15) is 4.57 Å². The third kappa shape index (κ3) is 7.00. The molecule has 0 radical (unpaired) electrons. The molecule has 0 saturated heterocycles. The Morgan fingerprint density at radius 3 is 2.08 bits per heavy atom. The summed E-state index contributed by atoms with van der Waals surface area (Å²) < 4.78 is 16.1. The summed E-state index contributed by atoms with van der Waals surface area (Å²) in [6.45, 7) is 7.36. The molecule has 0 saturated carbocycles. The molecule has 0 heterocycles. The zero-order valence-electron chi connectivity index (χ0n) is 7.94. The summed E-state index contributed by atoms with van der Waals surface area (Å²) in [5.74, 6) is -0.0990. The molecule has 0 aromatic rings. The lowest BCUT2D eigenvalue weighted by Gasteiger charge is -2.25. The van der Waals surface area contributed by atoms with Gasteiger partial charge in [0.15, 0.2) is 8.32 Å². The van der Waals surface area contributed by atoms with Gasteiger partial charge in [-0.05, 0) is 26.9 Å². The van der Waals surface area contributed by atoms with Crippen molar-refractivity contribution in [2.75, 3.05) is 5.79 Å². The molecule has 0 amide bonds. The van der Waals surface area contributed by atoms with Crippen LogP contribution in [0.15, 0.2) is 0 Å². The van der Waals surface area contributed by atoms with Crippen molar-refractivity contribution in [1.29, 1.82) is 0 Å². The smallest absolute Gasteiger partial charge is 0.325 e. The first-order valence-electron chi connectivity index (χ1n) is 3.85. The Bertz CT molecular complexity index is 186. The number of hydrogen-bond acceptors (Lipinski definition) is 2. The summed E-state index contributed by atoms with van der Waals surface area (Å²) in [5.41, 5.74) is 0. The average Bonchev–Trinajstić information content (AvgIpc) is 1.48. The topological polar surface area (TPSA) is 66.8 Å². The van der Waals surface area contributed by atoms with Crippen LogP contribution in [-0.4, -0.2) is 30.0 Å². The first-order chi connectivity index (χ1) is 5.12. The van der Waals surface area contributed by atoms with Crippen molar-refractivity contribution in [2.45, 2.75) is 33.0 Å². The highest BCUT2D eigenvalue weighted by atomic mass is 31.2. The van der Waals surface area contributed by atoms with Gasteiger partial charge in [0.2, 0.25) is 0 Å². The van der Waals surface area contributed by atoms with Gasteiger partial charge in [-0.2, -0.15) is 0 Å². The van der Waals surface area contributed by atoms with Gasteiger partial charge in [0, 0.05) is 6.10 Å². The van der Waals surface area contributed by atoms with Gasteiger partial charge in [0.05, 0.1) is 5.79 Å². The number of hydrogen-bond donors (Lipinski definition) is 2. The van der Waals surface area contributed by atoms with Crippen LogP contribution >= 0.6 is 7.60 Å². The van der Waals surface area contributed by atoms with Crippen molar-refractivity contribution in [2.24, 2.45) is 0 Å². The Labute approximate surface area is 74.2 Å². The SMILES string of the molecule is CC(C)O[Si](C)(C)CP(=O)(O)O. The first-order valence-corrected chi connectivity index (χ1v) is 8.76. The van der Waals surface area contributed by atoms with Crippen LogP contribution in [0, 0.1) is 0 Å². The Hall–Kier alpha value is 0.327. The fourth-order valence-electron chi connectivity index (χ4n) is 1.17. The molecule has 0 aliphatic rings. The monoisotopic (exact) mass is 212 g/mol. The molecule has 0 fully saturated rings. The normalized spacial score (nSPS) is 13.9. The third-order valence-corrected chi connectivity index (χ3v) is 6.94. The highest BCUT2D eigenvalue weighted by Crippen LogP contribution is 2.38. The molecule has 2 N–H and O–H groups in total. The summed E-state index contributed by atoms with van der Waals surface area (Å²) in [4.78, 5) is 17.5. The second-order valence-electron chi connectivity index (χ2n) is 3.75. The quantitative estimate of drug-likeness (QED) is 0.545. The van der Waals surface area contributed by atoms with Crippen LogP contribution in [0.3, 0.4) is 0 Å². The Morgan fingerprint density at radius 1 is 1.42 bits per heavy atom. The predicted octanol–water partition coefficient (Wildman–Crippen LogP) is 1.33. The summed E-state index contributed by atoms with van der Waals surface area (Å²) in [7, 11) is -6.07. The van der Waals surface area contributed by atoms with Gasteiger partial charge in [0.1, 0.15) is 0 Å². The zero-order valence-corrected chi connectivity index (χ0v) is 9.84. The van der Waals surface area contributed by atoms with Crippen LogP contribution in [0.5, 0.6) is 0 Å². The van der Waals surface area contributed by atoms with Crippen molar-refractivity contribution < 1.29 is 18.8 Å². The Morgan fingerprint density at radius 2 is 1.83 bits per heavy atom. The van der Waals surface area contributed by atoms with E-state index in [1.807, 2.05) is 26.9 Å². The lowest BCUT2D eigenvalue weighted by Crippen LogP contribution is -2.38. The van der Waals surface area contributed by atoms with Crippen molar-refractivity contribution in [3.05, 3.63) is 0 Å². The van der Waals surface area contributed by atoms with Gasteiger partial charge in [-0.25, -0.2) is 0 Å². The standard InChI is InChI=1S/C6H17O4PSi/c1-6(2)10-12(3,4)5-11(7,8)9/h6H,5H2,1-4H3,(H2,7,8,9). The lowest BCUT2D eigenvalue weighted by atomic mass is 10.5. The molecule has 6 heteroatoms. The van der Waals surface area contributed by atoms with E-state index in [4.69, 9.17) is 14.2 Å². The molecular weight excluding hydrogens is 195 g/mol. The molecule has 0 unspecified atom stereocenters. The van der Waals surface area contributed by atoms with Crippen LogP contribution in [0.4, 0.5) is 0 Å². The molecule has 0 aromatic carbocycles. The molecular formula is C6H17O4PSi. The molecule has 12 heavy (non-hydrogen) atoms. The van der Waals surface area contributed by atoms with Crippen LogP contribution < -0.4 is 0 Å². The van der Waals surface area contributed by atoms with Gasteiger partial charge in [-0.1, -0.05) is 0 Å². The number of rotatable bonds is 4. The van der Waals surface area contributed by atoms with Crippen LogP contribution in [-0.2, 0) is 8.99 Å². The van der Waals surface area contributed by atoms with E-state index in [-0.39, 0.29) is 11.9 Å². The van der Waals surface area contributed by atoms with Gasteiger partial charge in [0.25, 0.3) is 0 Å². The summed E-state index contributed by atoms with van der Waals surface area (Å²) >= 11 is 0. The Kier molecular flexibility index (Phi) is 4.13. The fraction of sp³-hybridized carbons (Fsp3) is 1.00. The van der Waals surface area contributed by atoms with Gasteiger partial charge in [-0.3, -0.25) is 4.57 Å². The van der Waals surface area contributed by atoms with Crippen LogP contribution in [0.2, 0.25) is 13.1 Å². The molecule has 0 aliphatic carbocycles. The minimum absolute atomic E-state index is 0.0400. The maximum absolute atomic E-state index is 10.7. The van der Waals surface area contributed by atoms with E-state index >= 15 is 0 Å². The maximum Gasteiger partial charge on any atom is 0.325 e. The van der Waals surface area contributed by atoms with E-state index in [1.165, 1.54) is 0 Å². The molecule has 0 aliphatic heterocycles. The van der Waals surface area contributed by atoms with E-state index in [1.54, 1.807) is 0 Å². The molecule has 0 bridgehead atoms. The predicted molar refractivity (Wildman–Crippen MR) is 50.6 cm³/mol. The molecule has 4 nitrogen and oxygen atoms in total. The highest BCUT2D eigenvalue weighted by Gasteiger charge is 2.32. The van der Waals surface area contributed by atoms with Crippen molar-refractivity contribution in [3.63, 3.8) is 0 Å². The molecule has 0 spiro atoms. The second-order valence-corrected chi connectivity index (χ2v) is 10.1. The summed E-state index contributed by atoms with van der Waals surface area (Å²) in [5, 5.41) is 0.